The largest absolute Gasteiger partial charge is 0.335 e. The lowest BCUT2D eigenvalue weighted by Crippen LogP contribution is -2.51. The minimum atomic E-state index is -0.545. The number of nitrogens with one attached hydrogen (secondary N) is 3. The summed E-state index contributed by atoms with van der Waals surface area (Å²) in [6.07, 6.45) is 4.13. The average molecular weight is 385 g/mol. The monoisotopic (exact) mass is 385 g/mol. The van der Waals surface area contributed by atoms with Gasteiger partial charge < -0.3 is 10.3 Å². The Bertz CT molecular complexity index is 904. The van der Waals surface area contributed by atoms with Crippen LogP contribution in [-0.2, 0) is 11.3 Å². The number of carbonyl (C=O) groups excluding carboxylic acids is 2. The molecule has 1 aliphatic carbocycles. The first-order valence-electron chi connectivity index (χ1n) is 9.81. The van der Waals surface area contributed by atoms with Crippen LogP contribution in [0.15, 0.2) is 29.1 Å². The molecule has 0 bridgehead atoms. The van der Waals surface area contributed by atoms with E-state index in [-0.39, 0.29) is 17.5 Å². The number of benzene rings is 1. The number of nitrogens with zero attached hydrogens (tertiary/aromatic N) is 2. The van der Waals surface area contributed by atoms with Gasteiger partial charge in [-0.25, -0.2) is 9.78 Å². The van der Waals surface area contributed by atoms with Gasteiger partial charge in [-0.2, -0.15) is 0 Å². The predicted molar refractivity (Wildman–Crippen MR) is 107 cm³/mol. The fourth-order valence-electron chi connectivity index (χ4n) is 3.60. The van der Waals surface area contributed by atoms with E-state index in [0.717, 1.165) is 25.7 Å². The summed E-state index contributed by atoms with van der Waals surface area (Å²) in [5.41, 5.74) is 0.412. The van der Waals surface area contributed by atoms with Crippen molar-refractivity contribution in [3.8, 4) is 0 Å². The highest BCUT2D eigenvalue weighted by atomic mass is 16.2. The number of imide groups is 1. The molecule has 1 aliphatic rings. The molecule has 8 nitrogen and oxygen atoms in total. The van der Waals surface area contributed by atoms with Crippen molar-refractivity contribution >= 4 is 22.8 Å². The lowest BCUT2D eigenvalue weighted by Gasteiger charge is -2.26. The van der Waals surface area contributed by atoms with Crippen LogP contribution in [0.1, 0.15) is 45.4 Å². The minimum absolute atomic E-state index is 0.150. The van der Waals surface area contributed by atoms with E-state index in [1.54, 1.807) is 25.1 Å². The average Bonchev–Trinajstić information content (AvgIpc) is 3.18. The van der Waals surface area contributed by atoms with Gasteiger partial charge in [0, 0.05) is 6.04 Å². The molecule has 150 valence electrons. The summed E-state index contributed by atoms with van der Waals surface area (Å²) in [6, 6.07) is 6.29. The summed E-state index contributed by atoms with van der Waals surface area (Å²) in [5, 5.41) is 5.81. The highest BCUT2D eigenvalue weighted by Crippen LogP contribution is 2.17. The second-order valence-electron chi connectivity index (χ2n) is 7.21. The van der Waals surface area contributed by atoms with Crippen LogP contribution in [-0.4, -0.2) is 45.4 Å². The topological polar surface area (TPSA) is 107 Å². The number of likely N-dealkylation sites (N-methyl/N-ethyl adjacent to an activating group) is 1. The molecule has 0 aliphatic heterocycles. The van der Waals surface area contributed by atoms with Crippen LogP contribution in [0.4, 0.5) is 4.79 Å². The van der Waals surface area contributed by atoms with Crippen LogP contribution in [0.3, 0.4) is 0 Å². The quantitative estimate of drug-likeness (QED) is 0.704. The third kappa shape index (κ3) is 4.75. The van der Waals surface area contributed by atoms with Gasteiger partial charge in [0.05, 0.1) is 23.5 Å². The Balaban J connectivity index is 1.64. The van der Waals surface area contributed by atoms with E-state index >= 15 is 0 Å². The van der Waals surface area contributed by atoms with E-state index in [1.165, 1.54) is 0 Å². The molecule has 1 atom stereocenters. The van der Waals surface area contributed by atoms with E-state index in [4.69, 9.17) is 0 Å². The van der Waals surface area contributed by atoms with Gasteiger partial charge in [0.2, 0.25) is 5.91 Å². The number of fused-ring (bicyclic) bond motifs is 1. The number of rotatable bonds is 6. The van der Waals surface area contributed by atoms with Crippen molar-refractivity contribution in [3.05, 3.63) is 40.4 Å². The summed E-state index contributed by atoms with van der Waals surface area (Å²) in [5.74, 6) is 0.112. The van der Waals surface area contributed by atoms with E-state index in [1.807, 2.05) is 17.9 Å². The summed E-state index contributed by atoms with van der Waals surface area (Å²) < 4.78 is 0. The van der Waals surface area contributed by atoms with E-state index in [2.05, 4.69) is 20.6 Å². The Morgan fingerprint density at radius 1 is 1.29 bits per heavy atom. The molecular formula is C20H27N5O3. The van der Waals surface area contributed by atoms with Gasteiger partial charge >= 0.3 is 6.03 Å². The van der Waals surface area contributed by atoms with Crippen molar-refractivity contribution in [1.29, 1.82) is 0 Å². The Kier molecular flexibility index (Phi) is 6.41. The Morgan fingerprint density at radius 3 is 2.71 bits per heavy atom. The minimum Gasteiger partial charge on any atom is -0.335 e. The molecule has 3 rings (SSSR count). The van der Waals surface area contributed by atoms with Crippen LogP contribution < -0.4 is 16.2 Å². The maximum absolute atomic E-state index is 12.5. The van der Waals surface area contributed by atoms with E-state index in [0.29, 0.717) is 29.8 Å². The number of aromatic nitrogens is 2. The van der Waals surface area contributed by atoms with Crippen LogP contribution in [0.25, 0.3) is 10.9 Å². The number of amides is 3. The highest BCUT2D eigenvalue weighted by Gasteiger charge is 2.24. The van der Waals surface area contributed by atoms with Gasteiger partial charge in [0.25, 0.3) is 5.56 Å². The van der Waals surface area contributed by atoms with Gasteiger partial charge in [-0.3, -0.25) is 19.8 Å². The number of H-pyrrole nitrogens is 1. The molecule has 1 saturated carbocycles. The number of carbonyl (C=O) groups is 2. The van der Waals surface area contributed by atoms with Crippen molar-refractivity contribution in [2.75, 3.05) is 6.54 Å². The SMILES string of the molecule is CCN(Cc1nc2ccccc2c(=O)[nH]1)C(C)C(=O)NC(=O)NC1CCCC1. The molecule has 8 heteroatoms. The first kappa shape index (κ1) is 20.0. The van der Waals surface area contributed by atoms with Crippen LogP contribution >= 0.6 is 0 Å². The van der Waals surface area contributed by atoms with Crippen LogP contribution in [0.5, 0.6) is 0 Å². The molecule has 28 heavy (non-hydrogen) atoms. The zero-order chi connectivity index (χ0) is 20.1. The lowest BCUT2D eigenvalue weighted by molar-refractivity contribution is -0.124. The van der Waals surface area contributed by atoms with E-state index in [9.17, 15) is 14.4 Å². The molecule has 3 amide bonds. The summed E-state index contributed by atoms with van der Waals surface area (Å²) in [7, 11) is 0. The summed E-state index contributed by atoms with van der Waals surface area (Å²) in [6.45, 7) is 4.52. The van der Waals surface area contributed by atoms with Gasteiger partial charge in [0.1, 0.15) is 5.82 Å². The zero-order valence-electron chi connectivity index (χ0n) is 16.3. The normalized spacial score (nSPS) is 15.7. The van der Waals surface area contributed by atoms with Crippen LogP contribution in [0.2, 0.25) is 0 Å². The highest BCUT2D eigenvalue weighted by molar-refractivity contribution is 5.96. The van der Waals surface area contributed by atoms with Crippen molar-refractivity contribution in [3.63, 3.8) is 0 Å². The Labute approximate surface area is 163 Å². The molecule has 1 fully saturated rings. The summed E-state index contributed by atoms with van der Waals surface area (Å²) >= 11 is 0. The Hall–Kier alpha value is -2.74. The molecule has 0 saturated heterocycles. The van der Waals surface area contributed by atoms with Crippen LogP contribution in [0, 0.1) is 0 Å². The smallest absolute Gasteiger partial charge is 0.321 e. The molecule has 0 spiro atoms. The zero-order valence-corrected chi connectivity index (χ0v) is 16.3. The van der Waals surface area contributed by atoms with Crippen molar-refractivity contribution in [2.45, 2.75) is 58.2 Å². The molecule has 1 aromatic carbocycles. The van der Waals surface area contributed by atoms with Crippen molar-refractivity contribution in [2.24, 2.45) is 0 Å². The molecule has 1 heterocycles. The second-order valence-corrected chi connectivity index (χ2v) is 7.21. The van der Waals surface area contributed by atoms with Gasteiger partial charge in [-0.1, -0.05) is 31.9 Å². The predicted octanol–water partition coefficient (Wildman–Crippen LogP) is 1.90. The molecule has 3 N–H and O–H groups in total. The van der Waals surface area contributed by atoms with E-state index < -0.39 is 12.1 Å². The van der Waals surface area contributed by atoms with Gasteiger partial charge in [0.15, 0.2) is 0 Å². The van der Waals surface area contributed by atoms with Crippen molar-refractivity contribution in [1.82, 2.24) is 25.5 Å². The molecule has 2 aromatic rings. The fourth-order valence-corrected chi connectivity index (χ4v) is 3.60. The molecule has 1 unspecified atom stereocenters. The maximum atomic E-state index is 12.5. The molecule has 0 radical (unpaired) electrons. The first-order valence-corrected chi connectivity index (χ1v) is 9.81. The lowest BCUT2D eigenvalue weighted by atomic mass is 10.2. The number of urea groups is 1. The maximum Gasteiger partial charge on any atom is 0.321 e. The third-order valence-electron chi connectivity index (χ3n) is 5.28. The number of hydrogen-bond acceptors (Lipinski definition) is 5. The molecular weight excluding hydrogens is 358 g/mol. The molecule has 1 aromatic heterocycles. The standard InChI is InChI=1S/C20H27N5O3/c1-3-25(12-17-22-16-11-7-6-10-15(16)19(27)23-17)13(2)18(26)24-20(28)21-14-8-4-5-9-14/h6-7,10-11,13-14H,3-5,8-9,12H2,1-2H3,(H,22,23,27)(H2,21,24,26,28). The number of aromatic amines is 1. The Morgan fingerprint density at radius 2 is 2.00 bits per heavy atom. The number of para-hydroxylation sites is 1. The second kappa shape index (κ2) is 8.97. The van der Waals surface area contributed by atoms with Gasteiger partial charge in [-0.05, 0) is 38.4 Å². The van der Waals surface area contributed by atoms with Crippen molar-refractivity contribution < 1.29 is 9.59 Å². The number of hydrogen-bond donors (Lipinski definition) is 3. The third-order valence-corrected chi connectivity index (χ3v) is 5.28. The fraction of sp³-hybridized carbons (Fsp3) is 0.500. The van der Waals surface area contributed by atoms with Gasteiger partial charge in [-0.15, -0.1) is 0 Å². The summed E-state index contributed by atoms with van der Waals surface area (Å²) in [4.78, 5) is 45.9. The first-order chi connectivity index (χ1) is 13.5.